The zero-order valence-corrected chi connectivity index (χ0v) is 13.2. The van der Waals surface area contributed by atoms with Crippen LogP contribution in [0.1, 0.15) is 5.56 Å². The van der Waals surface area contributed by atoms with Gasteiger partial charge in [-0.1, -0.05) is 11.2 Å². The van der Waals surface area contributed by atoms with Crippen LogP contribution >= 0.6 is 31.9 Å². The minimum absolute atomic E-state index is 0.0892. The second-order valence-electron chi connectivity index (χ2n) is 3.78. The Labute approximate surface area is 131 Å². The molecule has 0 aliphatic carbocycles. The van der Waals surface area contributed by atoms with E-state index in [0.29, 0.717) is 21.5 Å². The Morgan fingerprint density at radius 1 is 1.20 bits per heavy atom. The Morgan fingerprint density at radius 3 is 2.60 bits per heavy atom. The van der Waals surface area contributed by atoms with Crippen molar-refractivity contribution in [2.45, 2.75) is 0 Å². The van der Waals surface area contributed by atoms with Crippen molar-refractivity contribution in [1.82, 2.24) is 0 Å². The summed E-state index contributed by atoms with van der Waals surface area (Å²) in [5.41, 5.74) is 6.04. The molecule has 0 aliphatic rings. The average molecular weight is 404 g/mol. The first-order valence-corrected chi connectivity index (χ1v) is 7.01. The SMILES string of the molecule is N/C(=N/O)c1c(Br)cccc1Oc1ccc(F)c(Br)c1. The van der Waals surface area contributed by atoms with Gasteiger partial charge in [-0.2, -0.15) is 0 Å². The molecule has 0 atom stereocenters. The highest BCUT2D eigenvalue weighted by molar-refractivity contribution is 9.10. The molecule has 0 heterocycles. The fourth-order valence-electron chi connectivity index (χ4n) is 1.56. The predicted octanol–water partition coefficient (Wildman–Crippen LogP) is 4.24. The highest BCUT2D eigenvalue weighted by Gasteiger charge is 2.13. The summed E-state index contributed by atoms with van der Waals surface area (Å²) in [5, 5.41) is 11.8. The van der Waals surface area contributed by atoms with Crippen LogP contribution in [0.15, 0.2) is 50.5 Å². The normalized spacial score (nSPS) is 11.4. The monoisotopic (exact) mass is 402 g/mol. The molecule has 0 bridgehead atoms. The van der Waals surface area contributed by atoms with E-state index in [-0.39, 0.29) is 16.1 Å². The molecule has 2 aromatic rings. The second-order valence-corrected chi connectivity index (χ2v) is 5.48. The molecule has 104 valence electrons. The molecule has 0 amide bonds. The van der Waals surface area contributed by atoms with Gasteiger partial charge in [0.1, 0.15) is 17.3 Å². The number of nitrogens with two attached hydrogens (primary N) is 1. The maximum atomic E-state index is 13.2. The number of benzene rings is 2. The fourth-order valence-corrected chi connectivity index (χ4v) is 2.46. The van der Waals surface area contributed by atoms with Gasteiger partial charge in [0.15, 0.2) is 5.84 Å². The lowest BCUT2D eigenvalue weighted by molar-refractivity contribution is 0.318. The van der Waals surface area contributed by atoms with Crippen molar-refractivity contribution in [3.63, 3.8) is 0 Å². The average Bonchev–Trinajstić information content (AvgIpc) is 2.42. The van der Waals surface area contributed by atoms with E-state index in [0.717, 1.165) is 0 Å². The van der Waals surface area contributed by atoms with Crippen molar-refractivity contribution in [3.05, 3.63) is 56.7 Å². The number of rotatable bonds is 3. The predicted molar refractivity (Wildman–Crippen MR) is 80.8 cm³/mol. The molecule has 3 N–H and O–H groups in total. The van der Waals surface area contributed by atoms with E-state index in [2.05, 4.69) is 37.0 Å². The Hall–Kier alpha value is -1.60. The molecule has 0 aliphatic heterocycles. The number of hydrogen-bond acceptors (Lipinski definition) is 3. The van der Waals surface area contributed by atoms with Crippen LogP contribution in [0.2, 0.25) is 0 Å². The minimum Gasteiger partial charge on any atom is -0.457 e. The summed E-state index contributed by atoms with van der Waals surface area (Å²) < 4.78 is 19.7. The van der Waals surface area contributed by atoms with Crippen LogP contribution in [0.4, 0.5) is 4.39 Å². The highest BCUT2D eigenvalue weighted by Crippen LogP contribution is 2.32. The molecule has 2 rings (SSSR count). The zero-order valence-electron chi connectivity index (χ0n) is 9.98. The van der Waals surface area contributed by atoms with Crippen LogP contribution in [0.25, 0.3) is 0 Å². The lowest BCUT2D eigenvalue weighted by atomic mass is 10.2. The third kappa shape index (κ3) is 3.10. The topological polar surface area (TPSA) is 67.8 Å². The van der Waals surface area contributed by atoms with Crippen molar-refractivity contribution in [2.24, 2.45) is 10.9 Å². The largest absolute Gasteiger partial charge is 0.457 e. The summed E-state index contributed by atoms with van der Waals surface area (Å²) in [6.45, 7) is 0. The van der Waals surface area contributed by atoms with Gasteiger partial charge in [0, 0.05) is 4.47 Å². The zero-order chi connectivity index (χ0) is 14.7. The molecular weight excluding hydrogens is 395 g/mol. The Bertz CT molecular complexity index is 677. The van der Waals surface area contributed by atoms with E-state index < -0.39 is 0 Å². The fraction of sp³-hybridized carbons (Fsp3) is 0. The van der Waals surface area contributed by atoms with E-state index in [1.807, 2.05) is 0 Å². The summed E-state index contributed by atoms with van der Waals surface area (Å²) in [6, 6.07) is 9.40. The Kier molecular flexibility index (Phi) is 4.61. The van der Waals surface area contributed by atoms with E-state index in [9.17, 15) is 4.39 Å². The first kappa shape index (κ1) is 14.8. The van der Waals surface area contributed by atoms with Crippen molar-refractivity contribution in [1.29, 1.82) is 0 Å². The van der Waals surface area contributed by atoms with Crippen molar-refractivity contribution >= 4 is 37.7 Å². The maximum Gasteiger partial charge on any atom is 0.175 e. The van der Waals surface area contributed by atoms with E-state index in [4.69, 9.17) is 15.7 Å². The van der Waals surface area contributed by atoms with Crippen LogP contribution in [0, 0.1) is 5.82 Å². The molecule has 20 heavy (non-hydrogen) atoms. The molecule has 0 saturated heterocycles. The third-order valence-electron chi connectivity index (χ3n) is 2.46. The third-order valence-corrected chi connectivity index (χ3v) is 3.73. The molecule has 2 aromatic carbocycles. The van der Waals surface area contributed by atoms with Crippen LogP contribution in [-0.4, -0.2) is 11.0 Å². The van der Waals surface area contributed by atoms with Crippen molar-refractivity contribution in [3.8, 4) is 11.5 Å². The van der Waals surface area contributed by atoms with Crippen LogP contribution in [0.5, 0.6) is 11.5 Å². The van der Waals surface area contributed by atoms with Gasteiger partial charge in [0.25, 0.3) is 0 Å². The number of hydrogen-bond donors (Lipinski definition) is 2. The maximum absolute atomic E-state index is 13.2. The van der Waals surface area contributed by atoms with Gasteiger partial charge in [-0.3, -0.25) is 0 Å². The Morgan fingerprint density at radius 2 is 1.95 bits per heavy atom. The van der Waals surface area contributed by atoms with Crippen LogP contribution in [0.3, 0.4) is 0 Å². The minimum atomic E-state index is -0.386. The van der Waals surface area contributed by atoms with E-state index >= 15 is 0 Å². The quantitative estimate of drug-likeness (QED) is 0.348. The molecule has 0 aromatic heterocycles. The van der Waals surface area contributed by atoms with Crippen LogP contribution in [-0.2, 0) is 0 Å². The molecule has 7 heteroatoms. The van der Waals surface area contributed by atoms with Gasteiger partial charge in [0.05, 0.1) is 10.0 Å². The summed E-state index contributed by atoms with van der Waals surface area (Å²) in [5.74, 6) is 0.327. The summed E-state index contributed by atoms with van der Waals surface area (Å²) in [6.07, 6.45) is 0. The number of amidine groups is 1. The first-order valence-electron chi connectivity index (χ1n) is 5.42. The summed E-state index contributed by atoms with van der Waals surface area (Å²) in [4.78, 5) is 0. The molecule has 0 radical (unpaired) electrons. The lowest BCUT2D eigenvalue weighted by Gasteiger charge is -2.12. The molecule has 0 spiro atoms. The first-order chi connectivity index (χ1) is 9.52. The second kappa shape index (κ2) is 6.23. The lowest BCUT2D eigenvalue weighted by Crippen LogP contribution is -2.15. The molecule has 4 nitrogen and oxygen atoms in total. The smallest absolute Gasteiger partial charge is 0.175 e. The van der Waals surface area contributed by atoms with Gasteiger partial charge in [-0.25, -0.2) is 4.39 Å². The van der Waals surface area contributed by atoms with Gasteiger partial charge in [0.2, 0.25) is 0 Å². The van der Waals surface area contributed by atoms with Gasteiger partial charge in [-0.15, -0.1) is 0 Å². The van der Waals surface area contributed by atoms with E-state index in [1.165, 1.54) is 18.2 Å². The van der Waals surface area contributed by atoms with Crippen LogP contribution < -0.4 is 10.5 Å². The number of nitrogens with zero attached hydrogens (tertiary/aromatic N) is 1. The van der Waals surface area contributed by atoms with Gasteiger partial charge < -0.3 is 15.7 Å². The van der Waals surface area contributed by atoms with Crippen molar-refractivity contribution < 1.29 is 14.3 Å². The van der Waals surface area contributed by atoms with Gasteiger partial charge >= 0.3 is 0 Å². The van der Waals surface area contributed by atoms with Gasteiger partial charge in [-0.05, 0) is 62.2 Å². The number of ether oxygens (including phenoxy) is 1. The van der Waals surface area contributed by atoms with Crippen molar-refractivity contribution in [2.75, 3.05) is 0 Å². The molecule has 0 saturated carbocycles. The number of halogens is 3. The Balaban J connectivity index is 2.43. The molecule has 0 fully saturated rings. The van der Waals surface area contributed by atoms with E-state index in [1.54, 1.807) is 18.2 Å². The molecule has 0 unspecified atom stereocenters. The summed E-state index contributed by atoms with van der Waals surface area (Å²) in [7, 11) is 0. The highest BCUT2D eigenvalue weighted by atomic mass is 79.9. The standard InChI is InChI=1S/C13H9Br2FN2O2/c14-8-2-1-3-11(12(8)13(17)18-19)20-7-4-5-10(16)9(15)6-7/h1-6,19H,(H2,17,18). The molecular formula is C13H9Br2FN2O2. The summed E-state index contributed by atoms with van der Waals surface area (Å²) >= 11 is 6.39. The number of oxime groups is 1.